The van der Waals surface area contributed by atoms with E-state index in [1.807, 2.05) is 6.92 Å². The zero-order chi connectivity index (χ0) is 12.8. The Kier molecular flexibility index (Phi) is 5.04. The van der Waals surface area contributed by atoms with E-state index in [1.165, 1.54) is 0 Å². The van der Waals surface area contributed by atoms with Gasteiger partial charge in [-0.2, -0.15) is 0 Å². The van der Waals surface area contributed by atoms with Gasteiger partial charge in [0.15, 0.2) is 6.10 Å². The molecule has 0 aromatic heterocycles. The van der Waals surface area contributed by atoms with E-state index in [9.17, 15) is 4.79 Å². The van der Waals surface area contributed by atoms with Crippen molar-refractivity contribution in [3.63, 3.8) is 0 Å². The molecular weight excluding hydrogens is 238 g/mol. The quantitative estimate of drug-likeness (QED) is 0.820. The number of ether oxygens (including phenoxy) is 1. The molecule has 4 heteroatoms. The summed E-state index contributed by atoms with van der Waals surface area (Å²) in [5, 5.41) is 3.21. The second kappa shape index (κ2) is 6.30. The van der Waals surface area contributed by atoms with Crippen molar-refractivity contribution in [3.05, 3.63) is 41.4 Å². The zero-order valence-corrected chi connectivity index (χ0v) is 10.8. The third-order valence-corrected chi connectivity index (χ3v) is 2.39. The molecule has 1 unspecified atom stereocenters. The van der Waals surface area contributed by atoms with Gasteiger partial charge in [-0.05, 0) is 26.0 Å². The molecule has 17 heavy (non-hydrogen) atoms. The number of hydrogen-bond donors (Lipinski definition) is 1. The van der Waals surface area contributed by atoms with Gasteiger partial charge in [0, 0.05) is 6.54 Å². The number of carbonyl (C=O) groups is 1. The summed E-state index contributed by atoms with van der Waals surface area (Å²) in [6, 6.07) is 7.06. The van der Waals surface area contributed by atoms with Crippen LogP contribution in [-0.4, -0.2) is 18.6 Å². The van der Waals surface area contributed by atoms with E-state index in [0.717, 1.165) is 5.57 Å². The van der Waals surface area contributed by atoms with Gasteiger partial charge in [0.05, 0.1) is 5.02 Å². The van der Waals surface area contributed by atoms with Crippen LogP contribution in [0.5, 0.6) is 5.75 Å². The Morgan fingerprint density at radius 3 is 2.76 bits per heavy atom. The third kappa shape index (κ3) is 4.49. The van der Waals surface area contributed by atoms with Gasteiger partial charge in [0.25, 0.3) is 5.91 Å². The average Bonchev–Trinajstić information content (AvgIpc) is 2.28. The minimum atomic E-state index is -0.589. The van der Waals surface area contributed by atoms with E-state index in [1.54, 1.807) is 31.2 Å². The van der Waals surface area contributed by atoms with Crippen molar-refractivity contribution >= 4 is 17.5 Å². The molecule has 3 nitrogen and oxygen atoms in total. The summed E-state index contributed by atoms with van der Waals surface area (Å²) in [6.07, 6.45) is -0.589. The highest BCUT2D eigenvalue weighted by molar-refractivity contribution is 6.32. The lowest BCUT2D eigenvalue weighted by Crippen LogP contribution is -2.37. The van der Waals surface area contributed by atoms with Gasteiger partial charge in [-0.3, -0.25) is 4.79 Å². The molecule has 0 aliphatic carbocycles. The number of rotatable bonds is 5. The van der Waals surface area contributed by atoms with Crippen molar-refractivity contribution in [3.8, 4) is 5.75 Å². The largest absolute Gasteiger partial charge is 0.479 e. The molecule has 1 rings (SSSR count). The average molecular weight is 254 g/mol. The van der Waals surface area contributed by atoms with E-state index in [0.29, 0.717) is 17.3 Å². The Hall–Kier alpha value is -1.48. The van der Waals surface area contributed by atoms with Gasteiger partial charge in [0.2, 0.25) is 0 Å². The van der Waals surface area contributed by atoms with Gasteiger partial charge in [0.1, 0.15) is 5.75 Å². The normalized spacial score (nSPS) is 11.7. The summed E-state index contributed by atoms with van der Waals surface area (Å²) < 4.78 is 5.47. The first-order valence-corrected chi connectivity index (χ1v) is 5.71. The minimum Gasteiger partial charge on any atom is -0.479 e. The van der Waals surface area contributed by atoms with Crippen LogP contribution in [0.1, 0.15) is 13.8 Å². The van der Waals surface area contributed by atoms with Gasteiger partial charge >= 0.3 is 0 Å². The van der Waals surface area contributed by atoms with Gasteiger partial charge < -0.3 is 10.1 Å². The summed E-state index contributed by atoms with van der Waals surface area (Å²) in [6.45, 7) is 7.69. The molecule has 1 atom stereocenters. The Labute approximate surface area is 106 Å². The molecule has 0 bridgehead atoms. The molecule has 1 aromatic rings. The van der Waals surface area contributed by atoms with Crippen molar-refractivity contribution in [2.45, 2.75) is 20.0 Å². The molecule has 1 amide bonds. The molecule has 1 N–H and O–H groups in total. The van der Waals surface area contributed by atoms with Crippen LogP contribution in [0.15, 0.2) is 36.4 Å². The van der Waals surface area contributed by atoms with Crippen molar-refractivity contribution < 1.29 is 9.53 Å². The van der Waals surface area contributed by atoms with Gasteiger partial charge in [-0.25, -0.2) is 0 Å². The summed E-state index contributed by atoms with van der Waals surface area (Å²) in [7, 11) is 0. The van der Waals surface area contributed by atoms with Crippen LogP contribution in [0.25, 0.3) is 0 Å². The Morgan fingerprint density at radius 1 is 1.53 bits per heavy atom. The Morgan fingerprint density at radius 2 is 2.18 bits per heavy atom. The van der Waals surface area contributed by atoms with E-state index in [4.69, 9.17) is 16.3 Å². The number of amides is 1. The van der Waals surface area contributed by atoms with E-state index in [-0.39, 0.29) is 5.91 Å². The van der Waals surface area contributed by atoms with Crippen LogP contribution in [-0.2, 0) is 4.79 Å². The predicted molar refractivity (Wildman–Crippen MR) is 69.4 cm³/mol. The monoisotopic (exact) mass is 253 g/mol. The highest BCUT2D eigenvalue weighted by Crippen LogP contribution is 2.24. The highest BCUT2D eigenvalue weighted by Gasteiger charge is 2.15. The number of hydrogen-bond acceptors (Lipinski definition) is 2. The predicted octanol–water partition coefficient (Wildman–Crippen LogP) is 2.80. The highest BCUT2D eigenvalue weighted by atomic mass is 35.5. The number of benzene rings is 1. The van der Waals surface area contributed by atoms with Crippen LogP contribution in [0.3, 0.4) is 0 Å². The van der Waals surface area contributed by atoms with Crippen LogP contribution in [0, 0.1) is 0 Å². The molecule has 0 aliphatic rings. The maximum Gasteiger partial charge on any atom is 0.261 e. The lowest BCUT2D eigenvalue weighted by atomic mass is 10.3. The molecule has 0 heterocycles. The fraction of sp³-hybridized carbons (Fsp3) is 0.308. The molecule has 0 saturated heterocycles. The number of nitrogens with one attached hydrogen (secondary N) is 1. The topological polar surface area (TPSA) is 38.3 Å². The fourth-order valence-electron chi connectivity index (χ4n) is 1.17. The molecule has 0 aliphatic heterocycles. The number of carbonyl (C=O) groups excluding carboxylic acids is 1. The molecular formula is C13H16ClNO2. The summed E-state index contributed by atoms with van der Waals surface area (Å²) >= 11 is 5.93. The Bertz CT molecular complexity index is 418. The van der Waals surface area contributed by atoms with Crippen LogP contribution in [0.2, 0.25) is 5.02 Å². The Balaban J connectivity index is 2.54. The van der Waals surface area contributed by atoms with Crippen molar-refractivity contribution in [1.82, 2.24) is 5.32 Å². The summed E-state index contributed by atoms with van der Waals surface area (Å²) in [5.74, 6) is 0.320. The second-order valence-electron chi connectivity index (χ2n) is 3.87. The van der Waals surface area contributed by atoms with Crippen LogP contribution < -0.4 is 10.1 Å². The summed E-state index contributed by atoms with van der Waals surface area (Å²) in [5.41, 5.74) is 0.892. The zero-order valence-electron chi connectivity index (χ0n) is 10.00. The van der Waals surface area contributed by atoms with Gasteiger partial charge in [-0.1, -0.05) is 35.9 Å². The first kappa shape index (κ1) is 13.6. The van der Waals surface area contributed by atoms with Gasteiger partial charge in [-0.15, -0.1) is 0 Å². The fourth-order valence-corrected chi connectivity index (χ4v) is 1.35. The molecule has 0 radical (unpaired) electrons. The molecule has 92 valence electrons. The first-order chi connectivity index (χ1) is 8.00. The van der Waals surface area contributed by atoms with Crippen LogP contribution >= 0.6 is 11.6 Å². The second-order valence-corrected chi connectivity index (χ2v) is 4.27. The maximum atomic E-state index is 11.6. The molecule has 0 spiro atoms. The standard InChI is InChI=1S/C13H16ClNO2/c1-9(2)8-15-13(16)10(3)17-12-7-5-4-6-11(12)14/h4-7,10H,1,8H2,2-3H3,(H,15,16). The SMILES string of the molecule is C=C(C)CNC(=O)C(C)Oc1ccccc1Cl. The third-order valence-electron chi connectivity index (χ3n) is 2.07. The first-order valence-electron chi connectivity index (χ1n) is 5.34. The minimum absolute atomic E-state index is 0.187. The van der Waals surface area contributed by atoms with Crippen LogP contribution in [0.4, 0.5) is 0 Å². The molecule has 1 aromatic carbocycles. The lowest BCUT2D eigenvalue weighted by Gasteiger charge is -2.15. The maximum absolute atomic E-state index is 11.6. The molecule has 0 fully saturated rings. The molecule has 0 saturated carbocycles. The van der Waals surface area contributed by atoms with Crippen molar-refractivity contribution in [1.29, 1.82) is 0 Å². The van der Waals surface area contributed by atoms with E-state index < -0.39 is 6.10 Å². The van der Waals surface area contributed by atoms with E-state index >= 15 is 0 Å². The lowest BCUT2D eigenvalue weighted by molar-refractivity contribution is -0.127. The number of halogens is 1. The van der Waals surface area contributed by atoms with E-state index in [2.05, 4.69) is 11.9 Å². The number of para-hydroxylation sites is 1. The summed E-state index contributed by atoms with van der Waals surface area (Å²) in [4.78, 5) is 11.6. The van der Waals surface area contributed by atoms with Crippen molar-refractivity contribution in [2.75, 3.05) is 6.54 Å². The van der Waals surface area contributed by atoms with Crippen molar-refractivity contribution in [2.24, 2.45) is 0 Å². The smallest absolute Gasteiger partial charge is 0.261 e.